The predicted octanol–water partition coefficient (Wildman–Crippen LogP) is 1.18. The first-order valence-corrected chi connectivity index (χ1v) is 5.03. The Bertz CT molecular complexity index is 352. The van der Waals surface area contributed by atoms with E-state index in [1.165, 1.54) is 0 Å². The third-order valence-electron chi connectivity index (χ3n) is 1.60. The number of rotatable bonds is 4. The summed E-state index contributed by atoms with van der Waals surface area (Å²) in [6.45, 7) is 0. The molecule has 0 heterocycles. The van der Waals surface area contributed by atoms with Crippen molar-refractivity contribution in [3.8, 4) is 0 Å². The number of carboxylic acid groups (broad SMARTS) is 1. The molecule has 0 bridgehead atoms. The predicted molar refractivity (Wildman–Crippen MR) is 65.2 cm³/mol. The first-order valence-electron chi connectivity index (χ1n) is 4.56. The molecule has 0 atom stereocenters. The van der Waals surface area contributed by atoms with E-state index in [0.717, 1.165) is 12.0 Å². The Kier molecular flexibility index (Phi) is 7.61. The zero-order chi connectivity index (χ0) is 12.4. The molecule has 0 aliphatic heterocycles. The van der Waals surface area contributed by atoms with Crippen LogP contribution in [-0.2, 0) is 16.0 Å². The van der Waals surface area contributed by atoms with E-state index in [1.54, 1.807) is 0 Å². The van der Waals surface area contributed by atoms with Gasteiger partial charge in [-0.25, -0.2) is 4.79 Å². The number of amides is 1. The van der Waals surface area contributed by atoms with Crippen molar-refractivity contribution in [3.63, 3.8) is 0 Å². The molecule has 0 saturated heterocycles. The number of hydrogen-bond donors (Lipinski definition) is 2. The van der Waals surface area contributed by atoms with Crippen molar-refractivity contribution in [3.05, 3.63) is 35.9 Å². The molecule has 0 unspecified atom stereocenters. The number of thiocarbonyl (C=S) groups is 1. The molecule has 1 rings (SSSR count). The summed E-state index contributed by atoms with van der Waals surface area (Å²) in [4.78, 5) is 19.6. The summed E-state index contributed by atoms with van der Waals surface area (Å²) in [5.74, 6) is -1.30. The number of carboxylic acids is 1. The summed E-state index contributed by atoms with van der Waals surface area (Å²) in [5, 5.41) is 8.23. The molecule has 0 fully saturated rings. The van der Waals surface area contributed by atoms with Crippen molar-refractivity contribution in [2.24, 2.45) is 5.73 Å². The summed E-state index contributed by atoms with van der Waals surface area (Å²) >= 11 is 3.95. The Balaban J connectivity index is 0.000000385. The fourth-order valence-electron chi connectivity index (χ4n) is 0.912. The smallest absolute Gasteiger partial charge is 0.339 e. The first kappa shape index (κ1) is 14.2. The average Bonchev–Trinajstić information content (AvgIpc) is 2.28. The molecule has 1 amide bonds. The van der Waals surface area contributed by atoms with Gasteiger partial charge in [-0.3, -0.25) is 4.79 Å². The van der Waals surface area contributed by atoms with E-state index >= 15 is 0 Å². The van der Waals surface area contributed by atoms with Crippen LogP contribution in [0.3, 0.4) is 0 Å². The van der Waals surface area contributed by atoms with Gasteiger partial charge in [0.05, 0.1) is 5.37 Å². The summed E-state index contributed by atoms with van der Waals surface area (Å²) in [7, 11) is 0. The largest absolute Gasteiger partial charge is 0.477 e. The Morgan fingerprint density at radius 2 is 1.81 bits per heavy atom. The molecule has 16 heavy (non-hydrogen) atoms. The van der Waals surface area contributed by atoms with Crippen LogP contribution in [0, 0.1) is 0 Å². The van der Waals surface area contributed by atoms with Gasteiger partial charge in [-0.2, -0.15) is 0 Å². The number of primary amides is 1. The fourth-order valence-corrected chi connectivity index (χ4v) is 0.912. The molecular formula is C11H13NO3S. The maximum Gasteiger partial charge on any atom is 0.339 e. The highest BCUT2D eigenvalue weighted by molar-refractivity contribution is 7.80. The summed E-state index contributed by atoms with van der Waals surface area (Å²) in [6, 6.07) is 9.84. The second-order valence-electron chi connectivity index (χ2n) is 2.91. The van der Waals surface area contributed by atoms with Gasteiger partial charge in [0.2, 0.25) is 5.91 Å². The lowest BCUT2D eigenvalue weighted by atomic mass is 10.1. The van der Waals surface area contributed by atoms with E-state index in [4.69, 9.17) is 10.8 Å². The van der Waals surface area contributed by atoms with Crippen LogP contribution in [-0.4, -0.2) is 22.4 Å². The Morgan fingerprint density at radius 1 is 1.31 bits per heavy atom. The zero-order valence-corrected chi connectivity index (χ0v) is 9.44. The molecule has 1 aromatic carbocycles. The monoisotopic (exact) mass is 239 g/mol. The van der Waals surface area contributed by atoms with E-state index in [1.807, 2.05) is 30.3 Å². The molecule has 0 saturated carbocycles. The van der Waals surface area contributed by atoms with E-state index in [0.29, 0.717) is 11.8 Å². The Labute approximate surface area is 99.1 Å². The molecule has 0 aliphatic carbocycles. The van der Waals surface area contributed by atoms with Crippen LogP contribution in [0.1, 0.15) is 12.0 Å². The summed E-state index contributed by atoms with van der Waals surface area (Å²) < 4.78 is 0. The standard InChI is InChI=1S/C9H11NO.C2H2O2S/c10-9(11)7-6-8-4-2-1-3-5-8;3-2(4)1-5/h1-5H,6-7H2,(H2,10,11);1H,(H,3,4). The lowest BCUT2D eigenvalue weighted by Crippen LogP contribution is -2.10. The molecule has 0 radical (unpaired) electrons. The maximum atomic E-state index is 10.4. The summed E-state index contributed by atoms with van der Waals surface area (Å²) in [6.07, 6.45) is 1.18. The first-order chi connectivity index (χ1) is 7.56. The summed E-state index contributed by atoms with van der Waals surface area (Å²) in [5.41, 5.74) is 6.16. The number of carbonyl (C=O) groups is 2. The van der Waals surface area contributed by atoms with E-state index in [-0.39, 0.29) is 5.91 Å². The minimum Gasteiger partial charge on any atom is -0.477 e. The topological polar surface area (TPSA) is 80.4 Å². The van der Waals surface area contributed by atoms with Crippen LogP contribution in [0.4, 0.5) is 0 Å². The van der Waals surface area contributed by atoms with Gasteiger partial charge in [0, 0.05) is 6.42 Å². The Morgan fingerprint density at radius 3 is 2.19 bits per heavy atom. The number of benzene rings is 1. The number of carbonyl (C=O) groups excluding carboxylic acids is 1. The second kappa shape index (κ2) is 8.55. The van der Waals surface area contributed by atoms with Gasteiger partial charge in [-0.15, -0.1) is 0 Å². The van der Waals surface area contributed by atoms with Gasteiger partial charge < -0.3 is 10.8 Å². The van der Waals surface area contributed by atoms with Crippen LogP contribution in [0.25, 0.3) is 0 Å². The highest BCUT2D eigenvalue weighted by Crippen LogP contribution is 2.00. The maximum absolute atomic E-state index is 10.4. The molecule has 0 aliphatic rings. The molecule has 0 spiro atoms. The van der Waals surface area contributed by atoms with Gasteiger partial charge in [0.1, 0.15) is 0 Å². The van der Waals surface area contributed by atoms with Gasteiger partial charge in [-0.1, -0.05) is 42.5 Å². The second-order valence-corrected chi connectivity index (χ2v) is 3.14. The molecule has 4 nitrogen and oxygen atoms in total. The normalized spacial score (nSPS) is 8.50. The SMILES string of the molecule is NC(=O)CCc1ccccc1.O=C(O)C=S. The van der Waals surface area contributed by atoms with Gasteiger partial charge in [-0.05, 0) is 12.0 Å². The molecule has 86 valence electrons. The Hall–Kier alpha value is -1.75. The van der Waals surface area contributed by atoms with Crippen molar-refractivity contribution in [1.29, 1.82) is 0 Å². The number of aliphatic carboxylic acids is 1. The third kappa shape index (κ3) is 8.83. The lowest BCUT2D eigenvalue weighted by Gasteiger charge is -1.96. The van der Waals surface area contributed by atoms with E-state index < -0.39 is 5.97 Å². The molecule has 3 N–H and O–H groups in total. The number of nitrogens with two attached hydrogens (primary N) is 1. The minimum atomic E-state index is -1.06. The minimum absolute atomic E-state index is 0.242. The number of aryl methyl sites for hydroxylation is 1. The van der Waals surface area contributed by atoms with Crippen molar-refractivity contribution in [2.75, 3.05) is 0 Å². The third-order valence-corrected chi connectivity index (χ3v) is 1.81. The van der Waals surface area contributed by atoms with Crippen LogP contribution in [0.2, 0.25) is 0 Å². The van der Waals surface area contributed by atoms with Crippen molar-refractivity contribution >= 4 is 29.5 Å². The van der Waals surface area contributed by atoms with Crippen LogP contribution in [0.5, 0.6) is 0 Å². The molecular weight excluding hydrogens is 226 g/mol. The molecule has 1 aromatic rings. The lowest BCUT2D eigenvalue weighted by molar-refractivity contribution is -0.128. The van der Waals surface area contributed by atoms with Gasteiger partial charge >= 0.3 is 5.97 Å². The van der Waals surface area contributed by atoms with Crippen LogP contribution >= 0.6 is 12.2 Å². The van der Waals surface area contributed by atoms with Crippen molar-refractivity contribution in [2.45, 2.75) is 12.8 Å². The van der Waals surface area contributed by atoms with Crippen LogP contribution in [0.15, 0.2) is 30.3 Å². The van der Waals surface area contributed by atoms with E-state index in [2.05, 4.69) is 12.2 Å². The average molecular weight is 239 g/mol. The highest BCUT2D eigenvalue weighted by atomic mass is 32.1. The fraction of sp³-hybridized carbons (Fsp3) is 0.182. The van der Waals surface area contributed by atoms with Crippen LogP contribution < -0.4 is 5.73 Å². The van der Waals surface area contributed by atoms with Gasteiger partial charge in [0.25, 0.3) is 0 Å². The quantitative estimate of drug-likeness (QED) is 0.773. The molecule has 0 aromatic heterocycles. The highest BCUT2D eigenvalue weighted by Gasteiger charge is 1.94. The van der Waals surface area contributed by atoms with Crippen molar-refractivity contribution < 1.29 is 14.7 Å². The molecule has 5 heteroatoms. The van der Waals surface area contributed by atoms with E-state index in [9.17, 15) is 9.59 Å². The van der Waals surface area contributed by atoms with Gasteiger partial charge in [0.15, 0.2) is 0 Å². The van der Waals surface area contributed by atoms with Crippen molar-refractivity contribution in [1.82, 2.24) is 0 Å². The zero-order valence-electron chi connectivity index (χ0n) is 8.63. The number of hydrogen-bond acceptors (Lipinski definition) is 3.